The Morgan fingerprint density at radius 3 is 2.62 bits per heavy atom. The molecule has 2 aromatic carbocycles. The van der Waals surface area contributed by atoms with E-state index >= 15 is 0 Å². The fourth-order valence-electron chi connectivity index (χ4n) is 3.17. The van der Waals surface area contributed by atoms with Crippen LogP contribution in [0.5, 0.6) is 0 Å². The van der Waals surface area contributed by atoms with Gasteiger partial charge in [-0.1, -0.05) is 18.2 Å². The standard InChI is InChI=1S/C20H17N3O3/c24-18-11-15(20(26)23-18)9-12-1-5-16(6-2-12)22-19(25)14-4-3-13-7-8-21-17(13)10-14/h1-8,10,15,21H,9,11H2,(H,22,25)(H,23,24,26)/t15-/m0/s1. The third-order valence-electron chi connectivity index (χ3n) is 4.58. The molecule has 130 valence electrons. The number of carbonyl (C=O) groups is 3. The molecular formula is C20H17N3O3. The third kappa shape index (κ3) is 3.21. The van der Waals surface area contributed by atoms with E-state index in [4.69, 9.17) is 0 Å². The first kappa shape index (κ1) is 16.1. The Bertz CT molecular complexity index is 1000. The van der Waals surface area contributed by atoms with Gasteiger partial charge in [0.1, 0.15) is 0 Å². The summed E-state index contributed by atoms with van der Waals surface area (Å²) in [5.74, 6) is -0.930. The second-order valence-electron chi connectivity index (χ2n) is 6.45. The van der Waals surface area contributed by atoms with Crippen molar-refractivity contribution >= 4 is 34.3 Å². The first-order valence-corrected chi connectivity index (χ1v) is 8.39. The maximum atomic E-state index is 12.4. The highest BCUT2D eigenvalue weighted by Crippen LogP contribution is 2.20. The largest absolute Gasteiger partial charge is 0.361 e. The fourth-order valence-corrected chi connectivity index (χ4v) is 3.17. The average molecular weight is 347 g/mol. The zero-order valence-electron chi connectivity index (χ0n) is 13.9. The lowest BCUT2D eigenvalue weighted by molar-refractivity contribution is -0.125. The number of anilines is 1. The van der Waals surface area contributed by atoms with E-state index in [-0.39, 0.29) is 30.1 Å². The minimum Gasteiger partial charge on any atom is -0.361 e. The van der Waals surface area contributed by atoms with Gasteiger partial charge < -0.3 is 10.3 Å². The van der Waals surface area contributed by atoms with E-state index in [1.807, 2.05) is 36.5 Å². The van der Waals surface area contributed by atoms with Crippen LogP contribution in [0.1, 0.15) is 22.3 Å². The molecule has 6 heteroatoms. The number of aromatic nitrogens is 1. The van der Waals surface area contributed by atoms with Gasteiger partial charge in [0.15, 0.2) is 0 Å². The molecule has 0 spiro atoms. The Balaban J connectivity index is 1.42. The Labute approximate surface area is 149 Å². The topological polar surface area (TPSA) is 91.1 Å². The van der Waals surface area contributed by atoms with Crippen LogP contribution in [-0.4, -0.2) is 22.7 Å². The molecule has 1 fully saturated rings. The summed E-state index contributed by atoms with van der Waals surface area (Å²) in [4.78, 5) is 38.4. The van der Waals surface area contributed by atoms with Crippen LogP contribution in [0.4, 0.5) is 5.69 Å². The van der Waals surface area contributed by atoms with Crippen molar-refractivity contribution in [1.29, 1.82) is 0 Å². The lowest BCUT2D eigenvalue weighted by Crippen LogP contribution is -2.22. The van der Waals surface area contributed by atoms with Crippen molar-refractivity contribution in [3.8, 4) is 0 Å². The van der Waals surface area contributed by atoms with Crippen LogP contribution in [0.25, 0.3) is 10.9 Å². The second-order valence-corrected chi connectivity index (χ2v) is 6.45. The molecule has 0 bridgehead atoms. The first-order valence-electron chi connectivity index (χ1n) is 8.39. The van der Waals surface area contributed by atoms with Gasteiger partial charge in [-0.05, 0) is 47.7 Å². The molecular weight excluding hydrogens is 330 g/mol. The van der Waals surface area contributed by atoms with Crippen LogP contribution in [0.15, 0.2) is 54.7 Å². The van der Waals surface area contributed by atoms with Gasteiger partial charge in [0.2, 0.25) is 11.8 Å². The van der Waals surface area contributed by atoms with Gasteiger partial charge in [-0.2, -0.15) is 0 Å². The number of hydrogen-bond donors (Lipinski definition) is 3. The maximum Gasteiger partial charge on any atom is 0.255 e. The summed E-state index contributed by atoms with van der Waals surface area (Å²) in [5, 5.41) is 6.24. The van der Waals surface area contributed by atoms with E-state index < -0.39 is 0 Å². The van der Waals surface area contributed by atoms with Crippen molar-refractivity contribution < 1.29 is 14.4 Å². The van der Waals surface area contributed by atoms with Crippen molar-refractivity contribution in [2.24, 2.45) is 5.92 Å². The van der Waals surface area contributed by atoms with Crippen LogP contribution >= 0.6 is 0 Å². The number of amides is 3. The molecule has 3 aromatic rings. The number of aromatic amines is 1. The van der Waals surface area contributed by atoms with E-state index in [1.165, 1.54) is 0 Å². The number of rotatable bonds is 4. The van der Waals surface area contributed by atoms with Gasteiger partial charge in [0.05, 0.1) is 5.92 Å². The van der Waals surface area contributed by atoms with E-state index in [0.29, 0.717) is 17.7 Å². The molecule has 4 rings (SSSR count). The Morgan fingerprint density at radius 2 is 1.88 bits per heavy atom. The van der Waals surface area contributed by atoms with E-state index in [2.05, 4.69) is 15.6 Å². The number of imide groups is 1. The van der Waals surface area contributed by atoms with Gasteiger partial charge in [0, 0.05) is 29.4 Å². The summed E-state index contributed by atoms with van der Waals surface area (Å²) >= 11 is 0. The lowest BCUT2D eigenvalue weighted by atomic mass is 9.98. The van der Waals surface area contributed by atoms with Crippen LogP contribution in [0, 0.1) is 5.92 Å². The van der Waals surface area contributed by atoms with Crippen molar-refractivity contribution in [3.05, 3.63) is 65.9 Å². The van der Waals surface area contributed by atoms with Gasteiger partial charge in [-0.25, -0.2) is 0 Å². The van der Waals surface area contributed by atoms with Crippen molar-refractivity contribution in [1.82, 2.24) is 10.3 Å². The SMILES string of the molecule is O=C1C[C@H](Cc2ccc(NC(=O)c3ccc4cc[nH]c4c3)cc2)C(=O)N1. The summed E-state index contributed by atoms with van der Waals surface area (Å²) in [7, 11) is 0. The number of benzene rings is 2. The normalized spacial score (nSPS) is 16.7. The zero-order chi connectivity index (χ0) is 18.1. The molecule has 1 aromatic heterocycles. The average Bonchev–Trinajstić information content (AvgIpc) is 3.22. The summed E-state index contributed by atoms with van der Waals surface area (Å²) in [5.41, 5.74) is 3.12. The number of nitrogens with one attached hydrogen (secondary N) is 3. The smallest absolute Gasteiger partial charge is 0.255 e. The quantitative estimate of drug-likeness (QED) is 0.634. The lowest BCUT2D eigenvalue weighted by Gasteiger charge is -2.09. The van der Waals surface area contributed by atoms with Crippen molar-refractivity contribution in [2.45, 2.75) is 12.8 Å². The monoisotopic (exact) mass is 347 g/mol. The molecule has 1 aliphatic rings. The molecule has 1 atom stereocenters. The Kier molecular flexibility index (Phi) is 4.01. The minimum absolute atomic E-state index is 0.185. The first-order chi connectivity index (χ1) is 12.6. The second kappa shape index (κ2) is 6.48. The van der Waals surface area contributed by atoms with Crippen LogP contribution < -0.4 is 10.6 Å². The van der Waals surface area contributed by atoms with E-state index in [0.717, 1.165) is 16.5 Å². The molecule has 0 aliphatic carbocycles. The molecule has 6 nitrogen and oxygen atoms in total. The minimum atomic E-state index is -0.310. The predicted molar refractivity (Wildman–Crippen MR) is 97.7 cm³/mol. The Morgan fingerprint density at radius 1 is 1.08 bits per heavy atom. The summed E-state index contributed by atoms with van der Waals surface area (Å²) in [6.45, 7) is 0. The highest BCUT2D eigenvalue weighted by atomic mass is 16.2. The van der Waals surface area contributed by atoms with Crippen LogP contribution in [0.2, 0.25) is 0 Å². The molecule has 2 heterocycles. The van der Waals surface area contributed by atoms with Crippen LogP contribution in [0.3, 0.4) is 0 Å². The van der Waals surface area contributed by atoms with E-state index in [1.54, 1.807) is 18.2 Å². The van der Waals surface area contributed by atoms with E-state index in [9.17, 15) is 14.4 Å². The summed E-state index contributed by atoms with van der Waals surface area (Å²) in [6, 6.07) is 14.8. The number of fused-ring (bicyclic) bond motifs is 1. The molecule has 26 heavy (non-hydrogen) atoms. The van der Waals surface area contributed by atoms with Crippen LogP contribution in [-0.2, 0) is 16.0 Å². The van der Waals surface area contributed by atoms with Gasteiger partial charge in [-0.15, -0.1) is 0 Å². The molecule has 0 saturated carbocycles. The van der Waals surface area contributed by atoms with Gasteiger partial charge in [0.25, 0.3) is 5.91 Å². The fraction of sp³-hybridized carbons (Fsp3) is 0.150. The number of hydrogen-bond acceptors (Lipinski definition) is 3. The summed E-state index contributed by atoms with van der Waals surface area (Å²) < 4.78 is 0. The number of carbonyl (C=O) groups excluding carboxylic acids is 3. The molecule has 0 radical (unpaired) electrons. The maximum absolute atomic E-state index is 12.4. The highest BCUT2D eigenvalue weighted by molar-refractivity contribution is 6.06. The summed E-state index contributed by atoms with van der Waals surface area (Å²) in [6.07, 6.45) is 2.58. The predicted octanol–water partition coefficient (Wildman–Crippen LogP) is 2.63. The molecule has 1 aliphatic heterocycles. The van der Waals surface area contributed by atoms with Crippen molar-refractivity contribution in [3.63, 3.8) is 0 Å². The molecule has 3 amide bonds. The highest BCUT2D eigenvalue weighted by Gasteiger charge is 2.30. The molecule has 0 unspecified atom stereocenters. The van der Waals surface area contributed by atoms with Crippen molar-refractivity contribution in [2.75, 3.05) is 5.32 Å². The number of H-pyrrole nitrogens is 1. The molecule has 3 N–H and O–H groups in total. The molecule has 1 saturated heterocycles. The van der Waals surface area contributed by atoms with Gasteiger partial charge in [-0.3, -0.25) is 19.7 Å². The van der Waals surface area contributed by atoms with Gasteiger partial charge >= 0.3 is 0 Å². The Hall–Kier alpha value is -3.41. The third-order valence-corrected chi connectivity index (χ3v) is 4.58. The zero-order valence-corrected chi connectivity index (χ0v) is 13.9.